The maximum atomic E-state index is 13.1. The molecule has 1 unspecified atom stereocenters. The highest BCUT2D eigenvalue weighted by Gasteiger charge is 2.39. The van der Waals surface area contributed by atoms with Gasteiger partial charge in [-0.05, 0) is 30.2 Å². The predicted molar refractivity (Wildman–Crippen MR) is 100 cm³/mol. The largest absolute Gasteiger partial charge is 0.476 e. The Hall–Kier alpha value is -3.30. The molecule has 0 saturated carbocycles. The number of nitrogen functional groups attached to an aromatic ring is 1. The average Bonchev–Trinajstić information content (AvgIpc) is 2.63. The molecule has 2 aromatic rings. The zero-order chi connectivity index (χ0) is 21.3. The van der Waals surface area contributed by atoms with E-state index in [9.17, 15) is 22.8 Å². The van der Waals surface area contributed by atoms with Gasteiger partial charge in [0.1, 0.15) is 12.4 Å². The third kappa shape index (κ3) is 4.25. The van der Waals surface area contributed by atoms with Crippen LogP contribution >= 0.6 is 0 Å². The Kier molecular flexibility index (Phi) is 5.36. The predicted octanol–water partition coefficient (Wildman–Crippen LogP) is 3.07. The zero-order valence-corrected chi connectivity index (χ0v) is 15.7. The van der Waals surface area contributed by atoms with Crippen molar-refractivity contribution in [2.75, 3.05) is 22.5 Å². The molecule has 0 fully saturated rings. The molecule has 1 atom stereocenters. The molecule has 1 aromatic carbocycles. The number of benzene rings is 1. The van der Waals surface area contributed by atoms with E-state index in [1.165, 1.54) is 24.3 Å². The third-order valence-electron chi connectivity index (χ3n) is 4.29. The van der Waals surface area contributed by atoms with Crippen LogP contribution < -0.4 is 20.7 Å². The van der Waals surface area contributed by atoms with Gasteiger partial charge in [-0.15, -0.1) is 0 Å². The van der Waals surface area contributed by atoms with Crippen molar-refractivity contribution in [3.05, 3.63) is 42.0 Å². The van der Waals surface area contributed by atoms with Crippen molar-refractivity contribution in [2.45, 2.75) is 26.1 Å². The lowest BCUT2D eigenvalue weighted by molar-refractivity contribution is -0.137. The Labute approximate surface area is 164 Å². The van der Waals surface area contributed by atoms with Gasteiger partial charge < -0.3 is 15.8 Å². The number of aromatic nitrogens is 1. The smallest absolute Gasteiger partial charge is 0.418 e. The Bertz CT molecular complexity index is 947. The van der Waals surface area contributed by atoms with Gasteiger partial charge in [-0.3, -0.25) is 14.5 Å². The van der Waals surface area contributed by atoms with Gasteiger partial charge in [-0.25, -0.2) is 4.98 Å². The lowest BCUT2D eigenvalue weighted by Crippen LogP contribution is -2.51. The molecule has 7 nitrogen and oxygen atoms in total. The van der Waals surface area contributed by atoms with Gasteiger partial charge in [0.05, 0.1) is 11.3 Å². The number of carbonyl (C=O) groups excluding carboxylic acids is 2. The Morgan fingerprint density at radius 2 is 1.97 bits per heavy atom. The number of carbonyl (C=O) groups is 2. The number of alkyl halides is 3. The zero-order valence-electron chi connectivity index (χ0n) is 15.7. The topological polar surface area (TPSA) is 97.6 Å². The highest BCUT2D eigenvalue weighted by molar-refractivity contribution is 6.06. The Balaban J connectivity index is 1.88. The summed E-state index contributed by atoms with van der Waals surface area (Å²) >= 11 is 0. The quantitative estimate of drug-likeness (QED) is 0.810. The van der Waals surface area contributed by atoms with E-state index in [0.717, 1.165) is 17.0 Å². The minimum Gasteiger partial charge on any atom is -0.476 e. The molecular formula is C19H19F3N4O3. The minimum atomic E-state index is -4.63. The Morgan fingerprint density at radius 1 is 1.28 bits per heavy atom. The van der Waals surface area contributed by atoms with Gasteiger partial charge in [0.25, 0.3) is 5.91 Å². The molecule has 0 bridgehead atoms. The number of nitrogens with one attached hydrogen (secondary N) is 1. The number of nitrogens with zero attached hydrogens (tertiary/aromatic N) is 2. The second kappa shape index (κ2) is 7.61. The van der Waals surface area contributed by atoms with Crippen LogP contribution in [0, 0.1) is 5.92 Å². The molecule has 1 aliphatic heterocycles. The lowest BCUT2D eigenvalue weighted by Gasteiger charge is -2.34. The van der Waals surface area contributed by atoms with Crippen molar-refractivity contribution in [3.63, 3.8) is 0 Å². The molecule has 154 valence electrons. The molecule has 1 aliphatic rings. The highest BCUT2D eigenvalue weighted by Crippen LogP contribution is 2.36. The van der Waals surface area contributed by atoms with Gasteiger partial charge in [0, 0.05) is 0 Å². The second-order valence-corrected chi connectivity index (χ2v) is 6.86. The standard InChI is InChI=1S/C19H19F3N4O3/c1-10(2)16-18(28)26(17-13(29-16)7-8-14(23)25-17)9-15(27)24-12-6-4-3-5-11(12)19(20,21)22/h3-8,10,16H,9H2,1-2H3,(H2,23,25)(H,24,27). The number of halogens is 3. The first kappa shape index (κ1) is 20.4. The van der Waals surface area contributed by atoms with E-state index >= 15 is 0 Å². The summed E-state index contributed by atoms with van der Waals surface area (Å²) in [6, 6.07) is 7.62. The molecule has 3 N–H and O–H groups in total. The summed E-state index contributed by atoms with van der Waals surface area (Å²) in [5.41, 5.74) is 4.30. The van der Waals surface area contributed by atoms with Crippen LogP contribution in [0.15, 0.2) is 36.4 Å². The van der Waals surface area contributed by atoms with Crippen molar-refractivity contribution < 1.29 is 27.5 Å². The average molecular weight is 408 g/mol. The summed E-state index contributed by atoms with van der Waals surface area (Å²) in [6.07, 6.45) is -5.49. The second-order valence-electron chi connectivity index (χ2n) is 6.86. The van der Waals surface area contributed by atoms with E-state index in [2.05, 4.69) is 10.3 Å². The van der Waals surface area contributed by atoms with Crippen LogP contribution in [0.4, 0.5) is 30.5 Å². The van der Waals surface area contributed by atoms with Gasteiger partial charge in [0.2, 0.25) is 5.91 Å². The molecule has 29 heavy (non-hydrogen) atoms. The number of hydrogen-bond donors (Lipinski definition) is 2. The van der Waals surface area contributed by atoms with Gasteiger partial charge in [-0.1, -0.05) is 26.0 Å². The summed E-state index contributed by atoms with van der Waals surface area (Å²) < 4.78 is 45.1. The fourth-order valence-corrected chi connectivity index (χ4v) is 2.93. The number of pyridine rings is 1. The maximum absolute atomic E-state index is 13.1. The summed E-state index contributed by atoms with van der Waals surface area (Å²) in [6.45, 7) is 3.01. The van der Waals surface area contributed by atoms with Crippen LogP contribution in [-0.2, 0) is 15.8 Å². The molecule has 0 saturated heterocycles. The fraction of sp³-hybridized carbons (Fsp3) is 0.316. The molecule has 0 radical (unpaired) electrons. The van der Waals surface area contributed by atoms with Crippen molar-refractivity contribution in [2.24, 2.45) is 5.92 Å². The van der Waals surface area contributed by atoms with Crippen LogP contribution in [0.2, 0.25) is 0 Å². The van der Waals surface area contributed by atoms with E-state index in [1.54, 1.807) is 13.8 Å². The van der Waals surface area contributed by atoms with E-state index in [1.807, 2.05) is 0 Å². The highest BCUT2D eigenvalue weighted by atomic mass is 19.4. The van der Waals surface area contributed by atoms with Crippen LogP contribution in [0.3, 0.4) is 0 Å². The van der Waals surface area contributed by atoms with Crippen molar-refractivity contribution >= 4 is 29.1 Å². The molecule has 1 aromatic heterocycles. The first-order valence-corrected chi connectivity index (χ1v) is 8.78. The number of amides is 2. The first-order valence-electron chi connectivity index (χ1n) is 8.78. The minimum absolute atomic E-state index is 0.0474. The normalized spacial score (nSPS) is 16.4. The monoisotopic (exact) mass is 408 g/mol. The molecular weight excluding hydrogens is 389 g/mol. The molecule has 2 heterocycles. The summed E-state index contributed by atoms with van der Waals surface area (Å²) in [5, 5.41) is 2.22. The Morgan fingerprint density at radius 3 is 2.62 bits per heavy atom. The van der Waals surface area contributed by atoms with Crippen molar-refractivity contribution in [1.29, 1.82) is 0 Å². The SMILES string of the molecule is CC(C)C1Oc2ccc(N)nc2N(CC(=O)Nc2ccccc2C(F)(F)F)C1=O. The lowest BCUT2D eigenvalue weighted by atomic mass is 10.0. The van der Waals surface area contributed by atoms with Crippen molar-refractivity contribution in [1.82, 2.24) is 4.98 Å². The summed E-state index contributed by atoms with van der Waals surface area (Å²) in [4.78, 5) is 30.4. The number of nitrogens with two attached hydrogens (primary N) is 1. The van der Waals surface area contributed by atoms with E-state index < -0.39 is 41.9 Å². The molecule has 10 heteroatoms. The van der Waals surface area contributed by atoms with Crippen LogP contribution in [-0.4, -0.2) is 29.4 Å². The first-order chi connectivity index (χ1) is 13.6. The van der Waals surface area contributed by atoms with E-state index in [0.29, 0.717) is 0 Å². The number of ether oxygens (including phenoxy) is 1. The van der Waals surface area contributed by atoms with Gasteiger partial charge in [0.15, 0.2) is 17.7 Å². The molecule has 3 rings (SSSR count). The van der Waals surface area contributed by atoms with Crippen LogP contribution in [0.25, 0.3) is 0 Å². The molecule has 2 amide bonds. The van der Waals surface area contributed by atoms with Gasteiger partial charge in [-0.2, -0.15) is 13.2 Å². The van der Waals surface area contributed by atoms with Gasteiger partial charge >= 0.3 is 6.18 Å². The van der Waals surface area contributed by atoms with Crippen molar-refractivity contribution in [3.8, 4) is 5.75 Å². The van der Waals surface area contributed by atoms with Crippen LogP contribution in [0.5, 0.6) is 5.75 Å². The van der Waals surface area contributed by atoms with E-state index in [4.69, 9.17) is 10.5 Å². The summed E-state index contributed by atoms with van der Waals surface area (Å²) in [5.74, 6) is -1.12. The third-order valence-corrected chi connectivity index (χ3v) is 4.29. The van der Waals surface area contributed by atoms with Crippen LogP contribution in [0.1, 0.15) is 19.4 Å². The number of fused-ring (bicyclic) bond motifs is 1. The molecule has 0 aliphatic carbocycles. The molecule has 0 spiro atoms. The van der Waals surface area contributed by atoms with E-state index in [-0.39, 0.29) is 23.3 Å². The number of para-hydroxylation sites is 1. The number of hydrogen-bond acceptors (Lipinski definition) is 5. The fourth-order valence-electron chi connectivity index (χ4n) is 2.93. The number of anilines is 3. The summed E-state index contributed by atoms with van der Waals surface area (Å²) in [7, 11) is 0. The number of rotatable bonds is 4. The maximum Gasteiger partial charge on any atom is 0.418 e.